The molecule has 9 heteroatoms. The van der Waals surface area contributed by atoms with E-state index in [9.17, 15) is 4.79 Å². The van der Waals surface area contributed by atoms with E-state index >= 15 is 0 Å². The van der Waals surface area contributed by atoms with Crippen molar-refractivity contribution >= 4 is 22.4 Å². The van der Waals surface area contributed by atoms with Gasteiger partial charge in [0, 0.05) is 50.0 Å². The number of carbonyl (C=O) groups is 1. The molecule has 0 saturated heterocycles. The summed E-state index contributed by atoms with van der Waals surface area (Å²) in [4.78, 5) is 27.2. The van der Waals surface area contributed by atoms with Crippen molar-refractivity contribution < 1.29 is 9.53 Å². The largest absolute Gasteiger partial charge is 0.486 e. The highest BCUT2D eigenvalue weighted by Gasteiger charge is 2.19. The molecule has 3 aromatic heterocycles. The molecule has 3 heterocycles. The van der Waals surface area contributed by atoms with Crippen molar-refractivity contribution in [2.24, 2.45) is 14.1 Å². The van der Waals surface area contributed by atoms with Crippen LogP contribution >= 0.6 is 11.3 Å². The van der Waals surface area contributed by atoms with Crippen molar-refractivity contribution in [1.82, 2.24) is 24.1 Å². The summed E-state index contributed by atoms with van der Waals surface area (Å²) in [6, 6.07) is 16.9. The van der Waals surface area contributed by atoms with Gasteiger partial charge in [-0.25, -0.2) is 15.0 Å². The van der Waals surface area contributed by atoms with E-state index in [4.69, 9.17) is 9.72 Å². The molecule has 1 N–H and O–H groups in total. The summed E-state index contributed by atoms with van der Waals surface area (Å²) in [7, 11) is 3.85. The topological polar surface area (TPSA) is 86.9 Å². The third-order valence-electron chi connectivity index (χ3n) is 5.32. The highest BCUT2D eigenvalue weighted by molar-refractivity contribution is 7.19. The van der Waals surface area contributed by atoms with Gasteiger partial charge in [-0.1, -0.05) is 41.7 Å². The number of benzene rings is 2. The Bertz CT molecular complexity index is 1420. The van der Waals surface area contributed by atoms with E-state index in [-0.39, 0.29) is 5.91 Å². The first-order valence-corrected chi connectivity index (χ1v) is 11.4. The number of nitrogens with zero attached hydrogens (tertiary/aromatic N) is 5. The molecular formula is C25H22N6O2S. The van der Waals surface area contributed by atoms with Crippen molar-refractivity contribution in [1.29, 1.82) is 0 Å². The SMILES string of the molecule is Cn1ccnc1COc1ccc(C(=O)Nc2nc(-c3ccccc3)c(-c3nccn3C)s2)cc1. The molecule has 0 aliphatic rings. The molecule has 0 saturated carbocycles. The zero-order chi connectivity index (χ0) is 23.5. The summed E-state index contributed by atoms with van der Waals surface area (Å²) in [5.74, 6) is 2.04. The fraction of sp³-hybridized carbons (Fsp3) is 0.120. The minimum atomic E-state index is -0.240. The number of carbonyl (C=O) groups excluding carboxylic acids is 1. The van der Waals surface area contributed by atoms with E-state index in [2.05, 4.69) is 15.3 Å². The lowest BCUT2D eigenvalue weighted by Gasteiger charge is -2.07. The van der Waals surface area contributed by atoms with Gasteiger partial charge in [0.2, 0.25) is 0 Å². The van der Waals surface area contributed by atoms with Gasteiger partial charge in [-0.3, -0.25) is 10.1 Å². The maximum Gasteiger partial charge on any atom is 0.257 e. The van der Waals surface area contributed by atoms with Gasteiger partial charge in [0.15, 0.2) is 11.0 Å². The van der Waals surface area contributed by atoms with Crippen LogP contribution in [0.25, 0.3) is 22.0 Å². The maximum absolute atomic E-state index is 12.9. The lowest BCUT2D eigenvalue weighted by atomic mass is 10.1. The maximum atomic E-state index is 12.9. The minimum absolute atomic E-state index is 0.240. The van der Waals surface area contributed by atoms with Crippen LogP contribution in [0.5, 0.6) is 5.75 Å². The zero-order valence-corrected chi connectivity index (χ0v) is 19.5. The van der Waals surface area contributed by atoms with Crippen LogP contribution in [0.4, 0.5) is 5.13 Å². The lowest BCUT2D eigenvalue weighted by molar-refractivity contribution is 0.102. The average molecular weight is 471 g/mol. The second-order valence-corrected chi connectivity index (χ2v) is 8.65. The first-order valence-electron chi connectivity index (χ1n) is 10.6. The quantitative estimate of drug-likeness (QED) is 0.370. The molecule has 34 heavy (non-hydrogen) atoms. The highest BCUT2D eigenvalue weighted by atomic mass is 32.1. The summed E-state index contributed by atoms with van der Waals surface area (Å²) >= 11 is 1.40. The molecule has 0 bridgehead atoms. The van der Waals surface area contributed by atoms with E-state index in [1.807, 2.05) is 66.0 Å². The first kappa shape index (κ1) is 21.6. The summed E-state index contributed by atoms with van der Waals surface area (Å²) in [6.07, 6.45) is 7.24. The number of nitrogens with one attached hydrogen (secondary N) is 1. The summed E-state index contributed by atoms with van der Waals surface area (Å²) in [5, 5.41) is 3.44. The van der Waals surface area contributed by atoms with Crippen LogP contribution in [0, 0.1) is 0 Å². The number of amides is 1. The lowest BCUT2D eigenvalue weighted by Crippen LogP contribution is -2.11. The number of thiazole rings is 1. The number of rotatable bonds is 7. The van der Waals surface area contributed by atoms with E-state index in [0.29, 0.717) is 23.1 Å². The number of aryl methyl sites for hydroxylation is 2. The van der Waals surface area contributed by atoms with E-state index in [1.165, 1.54) is 11.3 Å². The van der Waals surface area contributed by atoms with Gasteiger partial charge in [-0.2, -0.15) is 0 Å². The van der Waals surface area contributed by atoms with Gasteiger partial charge >= 0.3 is 0 Å². The van der Waals surface area contributed by atoms with Crippen LogP contribution in [0.2, 0.25) is 0 Å². The normalized spacial score (nSPS) is 10.9. The van der Waals surface area contributed by atoms with Gasteiger partial charge in [0.25, 0.3) is 5.91 Å². The molecule has 2 aromatic carbocycles. The smallest absolute Gasteiger partial charge is 0.257 e. The molecule has 0 spiro atoms. The molecule has 5 aromatic rings. The van der Waals surface area contributed by atoms with Gasteiger partial charge < -0.3 is 13.9 Å². The second kappa shape index (κ2) is 9.32. The Kier molecular flexibility index (Phi) is 5.92. The second-order valence-electron chi connectivity index (χ2n) is 7.65. The molecule has 8 nitrogen and oxygen atoms in total. The first-order chi connectivity index (χ1) is 16.6. The molecule has 0 aliphatic heterocycles. The Hall–Kier alpha value is -4.24. The fourth-order valence-electron chi connectivity index (χ4n) is 3.46. The number of ether oxygens (including phenoxy) is 1. The number of imidazole rings is 2. The third kappa shape index (κ3) is 4.46. The average Bonchev–Trinajstić information content (AvgIpc) is 3.58. The minimum Gasteiger partial charge on any atom is -0.486 e. The molecule has 0 unspecified atom stereocenters. The Balaban J connectivity index is 1.34. The molecule has 0 radical (unpaired) electrons. The van der Waals surface area contributed by atoms with Gasteiger partial charge in [-0.15, -0.1) is 0 Å². The van der Waals surface area contributed by atoms with Crippen LogP contribution < -0.4 is 10.1 Å². The predicted octanol–water partition coefficient (Wildman–Crippen LogP) is 4.78. The molecular weight excluding hydrogens is 448 g/mol. The molecule has 170 valence electrons. The van der Waals surface area contributed by atoms with Crippen LogP contribution in [0.15, 0.2) is 79.4 Å². The monoisotopic (exact) mass is 470 g/mol. The van der Waals surface area contributed by atoms with Crippen LogP contribution in [-0.4, -0.2) is 30.0 Å². The number of aromatic nitrogens is 5. The Labute approximate surface area is 200 Å². The number of hydrogen-bond acceptors (Lipinski definition) is 6. The van der Waals surface area contributed by atoms with Crippen LogP contribution in [-0.2, 0) is 20.7 Å². The van der Waals surface area contributed by atoms with Gasteiger partial charge in [-0.05, 0) is 24.3 Å². The predicted molar refractivity (Wildman–Crippen MR) is 132 cm³/mol. The fourth-order valence-corrected chi connectivity index (χ4v) is 4.48. The summed E-state index contributed by atoms with van der Waals surface area (Å²) < 4.78 is 9.61. The van der Waals surface area contributed by atoms with Crippen molar-refractivity contribution in [3.8, 4) is 27.7 Å². The Morgan fingerprint density at radius 2 is 1.71 bits per heavy atom. The van der Waals surface area contributed by atoms with E-state index < -0.39 is 0 Å². The number of hydrogen-bond donors (Lipinski definition) is 1. The van der Waals surface area contributed by atoms with Gasteiger partial charge in [0.05, 0.1) is 10.6 Å². The zero-order valence-electron chi connectivity index (χ0n) is 18.7. The van der Waals surface area contributed by atoms with E-state index in [1.54, 1.807) is 36.7 Å². The van der Waals surface area contributed by atoms with Crippen molar-refractivity contribution in [3.63, 3.8) is 0 Å². The third-order valence-corrected chi connectivity index (χ3v) is 6.29. The summed E-state index contributed by atoms with van der Waals surface area (Å²) in [6.45, 7) is 0.354. The summed E-state index contributed by atoms with van der Waals surface area (Å²) in [5.41, 5.74) is 2.26. The molecule has 1 amide bonds. The molecule has 0 atom stereocenters. The van der Waals surface area contributed by atoms with Crippen LogP contribution in [0.1, 0.15) is 16.2 Å². The van der Waals surface area contributed by atoms with Crippen molar-refractivity contribution in [3.05, 3.63) is 90.8 Å². The molecule has 0 aliphatic carbocycles. The van der Waals surface area contributed by atoms with Gasteiger partial charge in [0.1, 0.15) is 18.2 Å². The Morgan fingerprint density at radius 1 is 0.971 bits per heavy atom. The van der Waals surface area contributed by atoms with Crippen molar-refractivity contribution in [2.75, 3.05) is 5.32 Å². The van der Waals surface area contributed by atoms with E-state index in [0.717, 1.165) is 27.8 Å². The molecule has 5 rings (SSSR count). The Morgan fingerprint density at radius 3 is 2.38 bits per heavy atom. The number of anilines is 1. The highest BCUT2D eigenvalue weighted by Crippen LogP contribution is 2.38. The molecule has 0 fully saturated rings. The van der Waals surface area contributed by atoms with Crippen molar-refractivity contribution in [2.45, 2.75) is 6.61 Å². The van der Waals surface area contributed by atoms with Crippen LogP contribution in [0.3, 0.4) is 0 Å². The standard InChI is InChI=1S/C25H22N6O2S/c1-30-14-12-26-20(30)16-33-19-10-8-18(9-11-19)24(32)29-25-28-21(17-6-4-3-5-7-17)22(34-25)23-27-13-15-31(23)2/h3-15H,16H2,1-2H3,(H,28,29,32).